The molecule has 7 nitrogen and oxygen atoms in total. The number of H-pyrrole nitrogens is 1. The van der Waals surface area contributed by atoms with Gasteiger partial charge in [0.15, 0.2) is 0 Å². The van der Waals surface area contributed by atoms with E-state index in [-0.39, 0.29) is 5.91 Å². The molecule has 2 N–H and O–H groups in total. The number of aromatic amines is 1. The number of hydrogen-bond acceptors (Lipinski definition) is 5. The first-order chi connectivity index (χ1) is 11.7. The maximum atomic E-state index is 12.5. The number of fused-ring (bicyclic) bond motifs is 1. The topological polar surface area (TPSA) is 89.1 Å². The zero-order valence-corrected chi connectivity index (χ0v) is 13.5. The predicted molar refractivity (Wildman–Crippen MR) is 89.2 cm³/mol. The first-order valence-corrected chi connectivity index (χ1v) is 7.59. The molecule has 1 amide bonds. The summed E-state index contributed by atoms with van der Waals surface area (Å²) in [6, 6.07) is 11.0. The van der Waals surface area contributed by atoms with E-state index in [0.717, 1.165) is 11.3 Å². The highest BCUT2D eigenvalue weighted by Crippen LogP contribution is 2.23. The number of nitrogens with zero attached hydrogens (tertiary/aromatic N) is 2. The van der Waals surface area contributed by atoms with Crippen LogP contribution in [0.2, 0.25) is 0 Å². The Kier molecular flexibility index (Phi) is 4.60. The second kappa shape index (κ2) is 6.99. The lowest BCUT2D eigenvalue weighted by Crippen LogP contribution is -2.23. The lowest BCUT2D eigenvalue weighted by atomic mass is 10.1. The van der Waals surface area contributed by atoms with Crippen molar-refractivity contribution in [3.63, 3.8) is 0 Å². The van der Waals surface area contributed by atoms with E-state index in [4.69, 9.17) is 9.47 Å². The second-order valence-electron chi connectivity index (χ2n) is 5.13. The largest absolute Gasteiger partial charge is 0.496 e. The SMILES string of the molecule is CCOc1cccc(CNC(=O)c2cc3n[nH]nc3cc2OC)c1. The minimum absolute atomic E-state index is 0.237. The number of aromatic nitrogens is 3. The van der Waals surface area contributed by atoms with Gasteiger partial charge in [-0.3, -0.25) is 4.79 Å². The number of carbonyl (C=O) groups is 1. The molecule has 0 saturated carbocycles. The quantitative estimate of drug-likeness (QED) is 0.725. The van der Waals surface area contributed by atoms with Gasteiger partial charge in [0, 0.05) is 12.6 Å². The van der Waals surface area contributed by atoms with Crippen molar-refractivity contribution in [3.05, 3.63) is 47.5 Å². The number of methoxy groups -OCH3 is 1. The van der Waals surface area contributed by atoms with E-state index < -0.39 is 0 Å². The molecular formula is C17H18N4O3. The molecule has 7 heteroatoms. The van der Waals surface area contributed by atoms with Crippen molar-refractivity contribution in [3.8, 4) is 11.5 Å². The van der Waals surface area contributed by atoms with Crippen LogP contribution in [-0.2, 0) is 6.54 Å². The molecule has 0 atom stereocenters. The summed E-state index contributed by atoms with van der Waals surface area (Å²) < 4.78 is 10.7. The van der Waals surface area contributed by atoms with Crippen LogP contribution in [0.5, 0.6) is 11.5 Å². The van der Waals surface area contributed by atoms with Gasteiger partial charge in [-0.2, -0.15) is 15.4 Å². The Bertz CT molecular complexity index is 860. The molecule has 0 spiro atoms. The fourth-order valence-electron chi connectivity index (χ4n) is 2.41. The molecule has 124 valence electrons. The third-order valence-corrected chi connectivity index (χ3v) is 3.54. The smallest absolute Gasteiger partial charge is 0.255 e. The van der Waals surface area contributed by atoms with Gasteiger partial charge in [0.2, 0.25) is 0 Å². The van der Waals surface area contributed by atoms with Crippen molar-refractivity contribution in [2.75, 3.05) is 13.7 Å². The molecule has 1 aromatic heterocycles. The van der Waals surface area contributed by atoms with Crippen molar-refractivity contribution in [1.29, 1.82) is 0 Å². The zero-order valence-electron chi connectivity index (χ0n) is 13.5. The maximum absolute atomic E-state index is 12.5. The highest BCUT2D eigenvalue weighted by molar-refractivity contribution is 6.00. The Morgan fingerprint density at radius 2 is 2.00 bits per heavy atom. The molecule has 0 saturated heterocycles. The molecule has 3 rings (SSSR count). The van der Waals surface area contributed by atoms with Crippen molar-refractivity contribution in [1.82, 2.24) is 20.7 Å². The lowest BCUT2D eigenvalue weighted by molar-refractivity contribution is 0.0948. The fourth-order valence-corrected chi connectivity index (χ4v) is 2.41. The Morgan fingerprint density at radius 3 is 2.75 bits per heavy atom. The third kappa shape index (κ3) is 3.29. The van der Waals surface area contributed by atoms with Gasteiger partial charge in [0.05, 0.1) is 19.3 Å². The van der Waals surface area contributed by atoms with Gasteiger partial charge in [0.25, 0.3) is 5.91 Å². The summed E-state index contributed by atoms with van der Waals surface area (Å²) in [6.07, 6.45) is 0. The van der Waals surface area contributed by atoms with Crippen molar-refractivity contribution >= 4 is 16.9 Å². The number of carbonyl (C=O) groups excluding carboxylic acids is 1. The average molecular weight is 326 g/mol. The van der Waals surface area contributed by atoms with Gasteiger partial charge in [-0.1, -0.05) is 12.1 Å². The Labute approximate surface area is 139 Å². The molecule has 0 aliphatic heterocycles. The van der Waals surface area contributed by atoms with Crippen LogP contribution in [0.1, 0.15) is 22.8 Å². The van der Waals surface area contributed by atoms with Crippen molar-refractivity contribution in [2.24, 2.45) is 0 Å². The molecule has 1 heterocycles. The minimum atomic E-state index is -0.237. The van der Waals surface area contributed by atoms with Crippen LogP contribution in [0.25, 0.3) is 11.0 Å². The Hall–Kier alpha value is -3.09. The molecular weight excluding hydrogens is 308 g/mol. The van der Waals surface area contributed by atoms with Crippen LogP contribution in [0.15, 0.2) is 36.4 Å². The van der Waals surface area contributed by atoms with E-state index >= 15 is 0 Å². The number of ether oxygens (including phenoxy) is 2. The van der Waals surface area contributed by atoms with Crippen LogP contribution in [-0.4, -0.2) is 35.0 Å². The van der Waals surface area contributed by atoms with Crippen LogP contribution in [0.3, 0.4) is 0 Å². The Balaban J connectivity index is 1.76. The summed E-state index contributed by atoms with van der Waals surface area (Å²) in [4.78, 5) is 12.5. The van der Waals surface area contributed by atoms with E-state index in [0.29, 0.717) is 35.5 Å². The molecule has 0 fully saturated rings. The highest BCUT2D eigenvalue weighted by atomic mass is 16.5. The Morgan fingerprint density at radius 1 is 1.21 bits per heavy atom. The normalized spacial score (nSPS) is 10.6. The molecule has 0 bridgehead atoms. The predicted octanol–water partition coefficient (Wildman–Crippen LogP) is 2.30. The standard InChI is InChI=1S/C17H18N4O3/c1-3-24-12-6-4-5-11(7-12)10-18-17(22)13-8-14-15(20-21-19-14)9-16(13)23-2/h4-9H,3,10H2,1-2H3,(H,18,22)(H,19,20,21). The molecule has 3 aromatic rings. The van der Waals surface area contributed by atoms with E-state index in [1.54, 1.807) is 12.1 Å². The number of amides is 1. The summed E-state index contributed by atoms with van der Waals surface area (Å²) in [5.41, 5.74) is 2.63. The molecule has 0 aliphatic carbocycles. The number of hydrogen-bond donors (Lipinski definition) is 2. The molecule has 0 aliphatic rings. The van der Waals surface area contributed by atoms with Crippen LogP contribution < -0.4 is 14.8 Å². The van der Waals surface area contributed by atoms with E-state index in [1.165, 1.54) is 7.11 Å². The van der Waals surface area contributed by atoms with Gasteiger partial charge in [-0.25, -0.2) is 0 Å². The summed E-state index contributed by atoms with van der Waals surface area (Å²) in [7, 11) is 1.52. The van der Waals surface area contributed by atoms with Crippen molar-refractivity contribution in [2.45, 2.75) is 13.5 Å². The van der Waals surface area contributed by atoms with Crippen molar-refractivity contribution < 1.29 is 14.3 Å². The number of rotatable bonds is 6. The first kappa shape index (κ1) is 15.8. The summed E-state index contributed by atoms with van der Waals surface area (Å²) >= 11 is 0. The molecule has 24 heavy (non-hydrogen) atoms. The number of benzene rings is 2. The lowest BCUT2D eigenvalue weighted by Gasteiger charge is -2.10. The summed E-state index contributed by atoms with van der Waals surface area (Å²) in [5.74, 6) is 1.00. The molecule has 2 aromatic carbocycles. The van der Waals surface area contributed by atoms with Gasteiger partial charge in [-0.15, -0.1) is 0 Å². The first-order valence-electron chi connectivity index (χ1n) is 7.59. The molecule has 0 unspecified atom stereocenters. The maximum Gasteiger partial charge on any atom is 0.255 e. The van der Waals surface area contributed by atoms with Gasteiger partial charge < -0.3 is 14.8 Å². The van der Waals surface area contributed by atoms with Gasteiger partial charge in [-0.05, 0) is 30.7 Å². The van der Waals surface area contributed by atoms with E-state index in [9.17, 15) is 4.79 Å². The molecule has 0 radical (unpaired) electrons. The van der Waals surface area contributed by atoms with Crippen LogP contribution in [0.4, 0.5) is 0 Å². The zero-order chi connectivity index (χ0) is 16.9. The number of nitrogens with one attached hydrogen (secondary N) is 2. The third-order valence-electron chi connectivity index (χ3n) is 3.54. The van der Waals surface area contributed by atoms with Crippen LogP contribution >= 0.6 is 0 Å². The average Bonchev–Trinajstić information content (AvgIpc) is 3.06. The van der Waals surface area contributed by atoms with E-state index in [2.05, 4.69) is 20.7 Å². The van der Waals surface area contributed by atoms with Gasteiger partial charge in [0.1, 0.15) is 22.5 Å². The monoisotopic (exact) mass is 326 g/mol. The fraction of sp³-hybridized carbons (Fsp3) is 0.235. The summed E-state index contributed by atoms with van der Waals surface area (Å²) in [5, 5.41) is 13.4. The second-order valence-corrected chi connectivity index (χ2v) is 5.13. The van der Waals surface area contributed by atoms with E-state index in [1.807, 2.05) is 31.2 Å². The van der Waals surface area contributed by atoms with Gasteiger partial charge >= 0.3 is 0 Å². The minimum Gasteiger partial charge on any atom is -0.496 e. The highest BCUT2D eigenvalue weighted by Gasteiger charge is 2.15. The van der Waals surface area contributed by atoms with Crippen LogP contribution in [0, 0.1) is 0 Å². The summed E-state index contributed by atoms with van der Waals surface area (Å²) in [6.45, 7) is 2.92.